The zero-order chi connectivity index (χ0) is 15.9. The van der Waals surface area contributed by atoms with Gasteiger partial charge in [-0.2, -0.15) is 0 Å². The summed E-state index contributed by atoms with van der Waals surface area (Å²) in [7, 11) is 0. The molecule has 0 bridgehead atoms. The number of amides is 1. The van der Waals surface area contributed by atoms with Crippen molar-refractivity contribution in [3.8, 4) is 11.1 Å². The molecule has 112 valence electrons. The lowest BCUT2D eigenvalue weighted by atomic mass is 9.93. The third-order valence-corrected chi connectivity index (χ3v) is 3.49. The van der Waals surface area contributed by atoms with Gasteiger partial charge >= 0.3 is 0 Å². The van der Waals surface area contributed by atoms with Crippen molar-refractivity contribution in [1.82, 2.24) is 0 Å². The number of hydrogen-bond donors (Lipinski definition) is 1. The highest BCUT2D eigenvalue weighted by Gasteiger charge is 2.12. The Morgan fingerprint density at radius 2 is 1.36 bits per heavy atom. The van der Waals surface area contributed by atoms with Crippen LogP contribution in [0.4, 0.5) is 0 Å². The lowest BCUT2D eigenvalue weighted by molar-refractivity contribution is 0.0999. The average Bonchev–Trinajstić information content (AvgIpc) is 2.51. The van der Waals surface area contributed by atoms with E-state index in [9.17, 15) is 4.79 Å². The quantitative estimate of drug-likeness (QED) is 0.875. The zero-order valence-electron chi connectivity index (χ0n) is 13.0. The van der Waals surface area contributed by atoms with Crippen molar-refractivity contribution in [2.45, 2.75) is 19.8 Å². The molecule has 0 spiro atoms. The lowest BCUT2D eigenvalue weighted by Crippen LogP contribution is -2.14. The first-order valence-electron chi connectivity index (χ1n) is 7.42. The van der Waals surface area contributed by atoms with Gasteiger partial charge in [0.2, 0.25) is 5.91 Å². The highest BCUT2D eigenvalue weighted by molar-refractivity contribution is 5.96. The van der Waals surface area contributed by atoms with Crippen LogP contribution in [-0.2, 0) is 0 Å². The molecule has 22 heavy (non-hydrogen) atoms. The van der Waals surface area contributed by atoms with Crippen molar-refractivity contribution < 1.29 is 4.79 Å². The van der Waals surface area contributed by atoms with Gasteiger partial charge < -0.3 is 5.73 Å². The minimum atomic E-state index is -0.381. The molecule has 0 aliphatic heterocycles. The minimum absolute atomic E-state index is 0.262. The van der Waals surface area contributed by atoms with E-state index >= 15 is 0 Å². The number of rotatable bonds is 3. The highest BCUT2D eigenvalue weighted by atomic mass is 16.1. The van der Waals surface area contributed by atoms with Crippen LogP contribution in [0.1, 0.15) is 35.7 Å². The van der Waals surface area contributed by atoms with Gasteiger partial charge in [-0.05, 0) is 28.7 Å². The molecule has 0 saturated heterocycles. The van der Waals surface area contributed by atoms with Crippen molar-refractivity contribution in [2.24, 2.45) is 5.73 Å². The number of nitrogens with two attached hydrogens (primary N) is 1. The van der Waals surface area contributed by atoms with Crippen molar-refractivity contribution in [1.29, 1.82) is 0 Å². The van der Waals surface area contributed by atoms with E-state index in [0.29, 0.717) is 5.56 Å². The van der Waals surface area contributed by atoms with Crippen LogP contribution in [0.15, 0.2) is 72.8 Å². The Morgan fingerprint density at radius 3 is 1.86 bits per heavy atom. The Bertz CT molecular complexity index is 693. The molecule has 2 N–H and O–H groups in total. The predicted octanol–water partition coefficient (Wildman–Crippen LogP) is 4.70. The van der Waals surface area contributed by atoms with Gasteiger partial charge in [0.05, 0.1) is 0 Å². The summed E-state index contributed by atoms with van der Waals surface area (Å²) < 4.78 is 0. The molecule has 2 rings (SSSR count). The summed E-state index contributed by atoms with van der Waals surface area (Å²) in [5, 5.41) is 0. The second kappa shape index (κ2) is 7.41. The second-order valence-electron chi connectivity index (χ2n) is 5.46. The smallest absolute Gasteiger partial charge is 0.249 e. The molecule has 0 unspecified atom stereocenters. The molecule has 2 aromatic rings. The third-order valence-electron chi connectivity index (χ3n) is 3.49. The van der Waals surface area contributed by atoms with E-state index in [4.69, 9.17) is 5.73 Å². The molecule has 0 atom stereocenters. The average molecular weight is 291 g/mol. The van der Waals surface area contributed by atoms with Crippen LogP contribution >= 0.6 is 0 Å². The summed E-state index contributed by atoms with van der Waals surface area (Å²) in [6, 6.07) is 23.8. The molecular weight excluding hydrogens is 270 g/mol. The predicted molar refractivity (Wildman–Crippen MR) is 92.1 cm³/mol. The molecular formula is C20H21NO. The summed E-state index contributed by atoms with van der Waals surface area (Å²) in [6.07, 6.45) is 0. The van der Waals surface area contributed by atoms with Gasteiger partial charge in [0, 0.05) is 5.56 Å². The van der Waals surface area contributed by atoms with Crippen molar-refractivity contribution in [3.63, 3.8) is 0 Å². The molecule has 0 aliphatic carbocycles. The first kappa shape index (κ1) is 15.8. The fourth-order valence-electron chi connectivity index (χ4n) is 2.34. The molecule has 0 heterocycles. The molecule has 0 fully saturated rings. The largest absolute Gasteiger partial charge is 0.366 e. The van der Waals surface area contributed by atoms with Gasteiger partial charge in [-0.25, -0.2) is 0 Å². The Labute approximate surface area is 131 Å². The Morgan fingerprint density at radius 1 is 0.818 bits per heavy atom. The number of benzene rings is 1. The standard InChI is InChI=1S/C20H21NO/c1-15(2)18-13-12-17(14-19(18)20(21)22)16-10-8-6-4-3-5-7-9-11-16/h3-15H,1-2H3,(H2,21,22). The van der Waals surface area contributed by atoms with Crippen LogP contribution in [0.2, 0.25) is 0 Å². The van der Waals surface area contributed by atoms with E-state index in [-0.39, 0.29) is 11.8 Å². The summed E-state index contributed by atoms with van der Waals surface area (Å²) in [5.74, 6) is -0.119. The van der Waals surface area contributed by atoms with Crippen molar-refractivity contribution in [2.75, 3.05) is 0 Å². The molecule has 1 amide bonds. The SMILES string of the molecule is CC(C)c1ccc(-c2ccccccccc2)cc1C(N)=O. The van der Waals surface area contributed by atoms with Crippen molar-refractivity contribution >= 4 is 5.91 Å². The fraction of sp³-hybridized carbons (Fsp3) is 0.150. The first-order valence-corrected chi connectivity index (χ1v) is 7.42. The van der Waals surface area contributed by atoms with E-state index in [0.717, 1.165) is 16.7 Å². The Kier molecular flexibility index (Phi) is 5.31. The van der Waals surface area contributed by atoms with E-state index in [1.165, 1.54) is 0 Å². The number of hydrogen-bond acceptors (Lipinski definition) is 1. The number of carbonyl (C=O) groups excluding carboxylic acids is 1. The third kappa shape index (κ3) is 3.95. The number of carbonyl (C=O) groups is 1. The Hall–Kier alpha value is -2.61. The molecule has 0 aliphatic rings. The van der Waals surface area contributed by atoms with Crippen LogP contribution in [0.5, 0.6) is 0 Å². The molecule has 2 heteroatoms. The summed E-state index contributed by atoms with van der Waals surface area (Å²) in [6.45, 7) is 4.12. The molecule has 2 nitrogen and oxygen atoms in total. The van der Waals surface area contributed by atoms with Crippen LogP contribution in [0.25, 0.3) is 11.1 Å². The number of primary amides is 1. The van der Waals surface area contributed by atoms with Crippen LogP contribution in [-0.4, -0.2) is 5.91 Å². The zero-order valence-corrected chi connectivity index (χ0v) is 13.0. The summed E-state index contributed by atoms with van der Waals surface area (Å²) >= 11 is 0. The lowest BCUT2D eigenvalue weighted by Gasteiger charge is -2.12. The summed E-state index contributed by atoms with van der Waals surface area (Å²) in [4.78, 5) is 11.7. The van der Waals surface area contributed by atoms with Crippen LogP contribution in [0, 0.1) is 0 Å². The Balaban J connectivity index is 2.58. The highest BCUT2D eigenvalue weighted by Crippen LogP contribution is 2.25. The van der Waals surface area contributed by atoms with Gasteiger partial charge in [-0.1, -0.05) is 80.6 Å². The maximum atomic E-state index is 11.7. The second-order valence-corrected chi connectivity index (χ2v) is 5.46. The molecule has 0 aromatic heterocycles. The van der Waals surface area contributed by atoms with E-state index in [2.05, 4.69) is 13.8 Å². The molecule has 2 aromatic carbocycles. The minimum Gasteiger partial charge on any atom is -0.366 e. The van der Waals surface area contributed by atoms with Gasteiger partial charge in [-0.3, -0.25) is 4.79 Å². The topological polar surface area (TPSA) is 43.1 Å². The van der Waals surface area contributed by atoms with Gasteiger partial charge in [0.1, 0.15) is 0 Å². The summed E-state index contributed by atoms with van der Waals surface area (Å²) in [5.41, 5.74) is 9.14. The van der Waals surface area contributed by atoms with E-state index in [1.807, 2.05) is 72.8 Å². The van der Waals surface area contributed by atoms with Crippen molar-refractivity contribution in [3.05, 3.63) is 83.9 Å². The maximum absolute atomic E-state index is 11.7. The molecule has 0 saturated carbocycles. The van der Waals surface area contributed by atoms with Crippen LogP contribution in [0.3, 0.4) is 0 Å². The van der Waals surface area contributed by atoms with Gasteiger partial charge in [0.15, 0.2) is 0 Å². The molecule has 0 radical (unpaired) electrons. The fourth-order valence-corrected chi connectivity index (χ4v) is 2.34. The van der Waals surface area contributed by atoms with Gasteiger partial charge in [-0.15, -0.1) is 0 Å². The normalized spacial score (nSPS) is 10.1. The van der Waals surface area contributed by atoms with Crippen LogP contribution < -0.4 is 5.73 Å². The van der Waals surface area contributed by atoms with E-state index in [1.54, 1.807) is 0 Å². The first-order chi connectivity index (χ1) is 10.6. The monoisotopic (exact) mass is 291 g/mol. The maximum Gasteiger partial charge on any atom is 0.249 e. The van der Waals surface area contributed by atoms with E-state index < -0.39 is 0 Å². The van der Waals surface area contributed by atoms with Gasteiger partial charge in [0.25, 0.3) is 0 Å².